The fourth-order valence-electron chi connectivity index (χ4n) is 10.1. The van der Waals surface area contributed by atoms with Gasteiger partial charge in [-0.15, -0.1) is 0 Å². The largest absolute Gasteiger partial charge is 0.472 e. The predicted molar refractivity (Wildman–Crippen MR) is 345 cm³/mol. The van der Waals surface area contributed by atoms with Crippen LogP contribution < -0.4 is 0 Å². The van der Waals surface area contributed by atoms with Gasteiger partial charge in [0.1, 0.15) is 19.3 Å². The molecule has 0 aliphatic heterocycles. The lowest BCUT2D eigenvalue weighted by atomic mass is 10.0. The van der Waals surface area contributed by atoms with E-state index in [2.05, 4.69) is 34.6 Å². The van der Waals surface area contributed by atoms with Gasteiger partial charge in [0.15, 0.2) is 12.2 Å². The molecule has 0 aliphatic rings. The fraction of sp³-hybridized carbons (Fsp3) is 0.940. The second-order valence-electron chi connectivity index (χ2n) is 24.7. The van der Waals surface area contributed by atoms with Crippen LogP contribution in [0.5, 0.6) is 0 Å². The summed E-state index contributed by atoms with van der Waals surface area (Å²) in [7, 11) is -9.88. The molecule has 0 aromatic heterocycles. The van der Waals surface area contributed by atoms with Crippen molar-refractivity contribution < 1.29 is 80.2 Å². The van der Waals surface area contributed by atoms with E-state index in [9.17, 15) is 43.2 Å². The molecular formula is C67H130O17P2. The topological polar surface area (TPSA) is 237 Å². The van der Waals surface area contributed by atoms with E-state index in [1.165, 1.54) is 148 Å². The van der Waals surface area contributed by atoms with Crippen LogP contribution in [0, 0.1) is 5.92 Å². The quantitative estimate of drug-likeness (QED) is 0.0222. The van der Waals surface area contributed by atoms with E-state index in [-0.39, 0.29) is 25.7 Å². The highest BCUT2D eigenvalue weighted by Gasteiger charge is 2.30. The van der Waals surface area contributed by atoms with Gasteiger partial charge in [0.25, 0.3) is 0 Å². The number of esters is 4. The van der Waals surface area contributed by atoms with Crippen LogP contribution in [0.1, 0.15) is 343 Å². The van der Waals surface area contributed by atoms with Crippen LogP contribution in [-0.2, 0) is 65.4 Å². The van der Waals surface area contributed by atoms with Crippen molar-refractivity contribution in [2.24, 2.45) is 5.92 Å². The number of phosphoric ester groups is 2. The van der Waals surface area contributed by atoms with E-state index in [1.54, 1.807) is 0 Å². The van der Waals surface area contributed by atoms with E-state index < -0.39 is 97.5 Å². The summed E-state index contributed by atoms with van der Waals surface area (Å²) in [6.07, 6.45) is 46.0. The first-order chi connectivity index (χ1) is 41.5. The van der Waals surface area contributed by atoms with Crippen molar-refractivity contribution in [1.82, 2.24) is 0 Å². The Morgan fingerprint density at radius 2 is 0.535 bits per heavy atom. The standard InChI is InChI=1S/C67H130O17P2/c1-6-9-12-15-18-20-21-29-32-37-41-46-51-65(70)78-57-63(84-67(72)53-48-43-38-33-30-27-25-23-22-24-26-28-31-35-39-44-49-60(4)5)59-82-86(75,76)80-55-61(68)54-79-85(73,74)81-58-62(56-77-64(69)50-45-40-34-17-14-11-8-3)83-66(71)52-47-42-36-19-16-13-10-7-2/h60-63,68H,6-59H2,1-5H3,(H,73,74)(H,75,76)/t61-,62+,63+/m0/s1. The number of unbranched alkanes of at least 4 members (excludes halogenated alkanes) is 39. The number of aliphatic hydroxyl groups excluding tert-OH is 1. The average Bonchev–Trinajstić information content (AvgIpc) is 3.59. The summed E-state index contributed by atoms with van der Waals surface area (Å²) in [6, 6.07) is 0. The van der Waals surface area contributed by atoms with E-state index in [1.807, 2.05) is 0 Å². The van der Waals surface area contributed by atoms with Crippen molar-refractivity contribution in [3.63, 3.8) is 0 Å². The minimum Gasteiger partial charge on any atom is -0.462 e. The minimum atomic E-state index is -4.95. The lowest BCUT2D eigenvalue weighted by Crippen LogP contribution is -2.30. The molecular weight excluding hydrogens is 1140 g/mol. The molecule has 0 spiro atoms. The van der Waals surface area contributed by atoms with Crippen LogP contribution in [0.15, 0.2) is 0 Å². The summed E-state index contributed by atoms with van der Waals surface area (Å²) < 4.78 is 68.0. The highest BCUT2D eigenvalue weighted by atomic mass is 31.2. The Hall–Kier alpha value is -1.94. The van der Waals surface area contributed by atoms with Crippen molar-refractivity contribution in [2.45, 2.75) is 361 Å². The molecule has 0 saturated carbocycles. The zero-order valence-electron chi connectivity index (χ0n) is 55.4. The molecule has 2 unspecified atom stereocenters. The number of rotatable bonds is 67. The van der Waals surface area contributed by atoms with Crippen LogP contribution in [0.25, 0.3) is 0 Å². The normalized spacial score (nSPS) is 14.2. The Kier molecular flexibility index (Phi) is 59.2. The van der Waals surface area contributed by atoms with Gasteiger partial charge in [-0.25, -0.2) is 9.13 Å². The minimum absolute atomic E-state index is 0.105. The molecule has 3 N–H and O–H groups in total. The van der Waals surface area contributed by atoms with Gasteiger partial charge in [0, 0.05) is 25.7 Å². The molecule has 0 fully saturated rings. The van der Waals surface area contributed by atoms with Gasteiger partial charge in [0.05, 0.1) is 26.4 Å². The number of hydrogen-bond acceptors (Lipinski definition) is 15. The van der Waals surface area contributed by atoms with Crippen molar-refractivity contribution >= 4 is 39.5 Å². The Morgan fingerprint density at radius 3 is 0.791 bits per heavy atom. The lowest BCUT2D eigenvalue weighted by Gasteiger charge is -2.21. The third-order valence-electron chi connectivity index (χ3n) is 15.5. The van der Waals surface area contributed by atoms with Crippen LogP contribution in [0.4, 0.5) is 0 Å². The van der Waals surface area contributed by atoms with Gasteiger partial charge >= 0.3 is 39.5 Å². The van der Waals surface area contributed by atoms with E-state index in [0.717, 1.165) is 115 Å². The van der Waals surface area contributed by atoms with Crippen LogP contribution in [0.2, 0.25) is 0 Å². The SMILES string of the molecule is CCCCCCCCCCCCCCC(=O)OC[C@H](COP(=O)(O)OC[C@@H](O)COP(=O)(O)OC[C@@H](COC(=O)CCCCCCCCC)OC(=O)CCCCCCCCCC)OC(=O)CCCCCCCCCCCCCCCCCCC(C)C. The lowest BCUT2D eigenvalue weighted by molar-refractivity contribution is -0.161. The first-order valence-corrected chi connectivity index (χ1v) is 38.1. The van der Waals surface area contributed by atoms with E-state index >= 15 is 0 Å². The second-order valence-corrected chi connectivity index (χ2v) is 27.6. The third-order valence-corrected chi connectivity index (χ3v) is 17.4. The van der Waals surface area contributed by atoms with Gasteiger partial charge in [-0.05, 0) is 31.6 Å². The van der Waals surface area contributed by atoms with E-state index in [0.29, 0.717) is 25.7 Å². The molecule has 0 bridgehead atoms. The molecule has 19 heteroatoms. The number of phosphoric acid groups is 2. The average molecular weight is 1270 g/mol. The zero-order chi connectivity index (χ0) is 63.5. The molecule has 17 nitrogen and oxygen atoms in total. The maximum Gasteiger partial charge on any atom is 0.472 e. The van der Waals surface area contributed by atoms with Crippen LogP contribution in [0.3, 0.4) is 0 Å². The van der Waals surface area contributed by atoms with Gasteiger partial charge in [-0.2, -0.15) is 0 Å². The van der Waals surface area contributed by atoms with Crippen molar-refractivity contribution in [3.05, 3.63) is 0 Å². The molecule has 0 heterocycles. The highest BCUT2D eigenvalue weighted by molar-refractivity contribution is 7.47. The molecule has 0 radical (unpaired) electrons. The monoisotopic (exact) mass is 1270 g/mol. The Balaban J connectivity index is 5.14. The van der Waals surface area contributed by atoms with Crippen LogP contribution >= 0.6 is 15.6 Å². The van der Waals surface area contributed by atoms with Gasteiger partial charge < -0.3 is 33.8 Å². The Morgan fingerprint density at radius 1 is 0.314 bits per heavy atom. The summed E-state index contributed by atoms with van der Waals surface area (Å²) in [4.78, 5) is 72.1. The number of ether oxygens (including phenoxy) is 4. The summed E-state index contributed by atoms with van der Waals surface area (Å²) in [5.41, 5.74) is 0. The van der Waals surface area contributed by atoms with E-state index in [4.69, 9.17) is 37.0 Å². The summed E-state index contributed by atoms with van der Waals surface area (Å²) in [5, 5.41) is 10.5. The maximum atomic E-state index is 13.0. The maximum absolute atomic E-state index is 13.0. The molecule has 510 valence electrons. The van der Waals surface area contributed by atoms with Crippen molar-refractivity contribution in [3.8, 4) is 0 Å². The first kappa shape index (κ1) is 84.1. The van der Waals surface area contributed by atoms with Gasteiger partial charge in [0.2, 0.25) is 0 Å². The van der Waals surface area contributed by atoms with Crippen molar-refractivity contribution in [1.29, 1.82) is 0 Å². The van der Waals surface area contributed by atoms with Gasteiger partial charge in [-0.3, -0.25) is 37.3 Å². The first-order valence-electron chi connectivity index (χ1n) is 35.1. The number of carbonyl (C=O) groups is 4. The third kappa shape index (κ3) is 60.9. The molecule has 5 atom stereocenters. The zero-order valence-corrected chi connectivity index (χ0v) is 57.2. The smallest absolute Gasteiger partial charge is 0.462 e. The van der Waals surface area contributed by atoms with Crippen molar-refractivity contribution in [2.75, 3.05) is 39.6 Å². The van der Waals surface area contributed by atoms with Crippen LogP contribution in [-0.4, -0.2) is 96.7 Å². The highest BCUT2D eigenvalue weighted by Crippen LogP contribution is 2.45. The molecule has 86 heavy (non-hydrogen) atoms. The van der Waals surface area contributed by atoms with Gasteiger partial charge in [-0.1, -0.05) is 291 Å². The number of aliphatic hydroxyl groups is 1. The number of hydrogen-bond donors (Lipinski definition) is 3. The second kappa shape index (κ2) is 60.6. The Labute approximate surface area is 524 Å². The summed E-state index contributed by atoms with van der Waals surface area (Å²) in [6.45, 7) is 7.18. The molecule has 0 aromatic rings. The summed E-state index contributed by atoms with van der Waals surface area (Å²) >= 11 is 0. The molecule has 0 aliphatic carbocycles. The molecule has 0 saturated heterocycles. The molecule has 0 aromatic carbocycles. The number of carbonyl (C=O) groups excluding carboxylic acids is 4. The Bertz CT molecular complexity index is 1670. The molecule has 0 amide bonds. The molecule has 0 rings (SSSR count). The predicted octanol–water partition coefficient (Wildman–Crippen LogP) is 19.0. The summed E-state index contributed by atoms with van der Waals surface area (Å²) in [5.74, 6) is -1.32. The fourth-order valence-corrected chi connectivity index (χ4v) is 11.7.